The summed E-state index contributed by atoms with van der Waals surface area (Å²) >= 11 is 0. The normalized spacial score (nSPS) is 31.0. The van der Waals surface area contributed by atoms with Crippen molar-refractivity contribution in [2.75, 3.05) is 0 Å². The van der Waals surface area contributed by atoms with Gasteiger partial charge in [-0.1, -0.05) is 63.5 Å². The highest BCUT2D eigenvalue weighted by molar-refractivity contribution is 5.29. The predicted octanol–water partition coefficient (Wildman–Crippen LogP) is 8.64. The second-order valence-corrected chi connectivity index (χ2v) is 10.2. The van der Waals surface area contributed by atoms with E-state index >= 15 is 0 Å². The van der Waals surface area contributed by atoms with E-state index in [1.165, 1.54) is 108 Å². The van der Waals surface area contributed by atoms with Crippen LogP contribution in [0.5, 0.6) is 5.75 Å². The van der Waals surface area contributed by atoms with E-state index in [2.05, 4.69) is 4.74 Å². The zero-order valence-electron chi connectivity index (χ0n) is 18.1. The van der Waals surface area contributed by atoms with Gasteiger partial charge in [-0.3, -0.25) is 0 Å². The van der Waals surface area contributed by atoms with Crippen LogP contribution in [0.25, 0.3) is 0 Å². The molecule has 0 saturated heterocycles. The molecule has 3 fully saturated rings. The first-order valence-electron chi connectivity index (χ1n) is 12.3. The SMILES string of the molecule is FC(F)(F)Oc1ccc(C2CCC(C3CCC(CCC4CCCC4)CC3)CC2)cc1. The number of hydrogen-bond acceptors (Lipinski definition) is 1. The number of ether oxygens (including phenoxy) is 1. The Hall–Kier alpha value is -1.19. The van der Waals surface area contributed by atoms with Gasteiger partial charge in [0.15, 0.2) is 0 Å². The molecule has 0 atom stereocenters. The lowest BCUT2D eigenvalue weighted by atomic mass is 9.68. The standard InChI is InChI=1S/C26H37F3O/c27-26(28,29)30-25-17-15-24(16-18-25)23-13-11-22(12-14-23)21-9-7-20(8-10-21)6-5-19-3-1-2-4-19/h15-23H,1-14H2. The fraction of sp³-hybridized carbons (Fsp3) is 0.769. The maximum absolute atomic E-state index is 12.3. The average Bonchev–Trinajstić information content (AvgIpc) is 3.26. The van der Waals surface area contributed by atoms with Crippen LogP contribution in [-0.2, 0) is 0 Å². The van der Waals surface area contributed by atoms with Crippen LogP contribution in [0.3, 0.4) is 0 Å². The number of halogens is 3. The first kappa shape index (κ1) is 22.0. The first-order valence-corrected chi connectivity index (χ1v) is 12.3. The zero-order chi connectivity index (χ0) is 21.0. The van der Waals surface area contributed by atoms with Crippen molar-refractivity contribution in [1.29, 1.82) is 0 Å². The molecule has 30 heavy (non-hydrogen) atoms. The summed E-state index contributed by atoms with van der Waals surface area (Å²) in [6.07, 6.45) is 14.9. The van der Waals surface area contributed by atoms with Crippen molar-refractivity contribution >= 4 is 0 Å². The maximum atomic E-state index is 12.3. The molecule has 4 rings (SSSR count). The molecule has 4 heteroatoms. The fourth-order valence-corrected chi connectivity index (χ4v) is 6.58. The molecular formula is C26H37F3O. The smallest absolute Gasteiger partial charge is 0.406 e. The van der Waals surface area contributed by atoms with Crippen molar-refractivity contribution in [1.82, 2.24) is 0 Å². The molecule has 3 saturated carbocycles. The molecule has 0 N–H and O–H groups in total. The second-order valence-electron chi connectivity index (χ2n) is 10.2. The van der Waals surface area contributed by atoms with E-state index in [1.54, 1.807) is 0 Å². The maximum Gasteiger partial charge on any atom is 0.573 e. The zero-order valence-corrected chi connectivity index (χ0v) is 18.1. The van der Waals surface area contributed by atoms with Gasteiger partial charge in [-0.25, -0.2) is 0 Å². The van der Waals surface area contributed by atoms with Gasteiger partial charge < -0.3 is 4.74 Å². The largest absolute Gasteiger partial charge is 0.573 e. The Morgan fingerprint density at radius 3 is 1.70 bits per heavy atom. The molecule has 0 unspecified atom stereocenters. The summed E-state index contributed by atoms with van der Waals surface area (Å²) in [5.74, 6) is 4.16. The van der Waals surface area contributed by atoms with Crippen LogP contribution in [0.2, 0.25) is 0 Å². The third-order valence-electron chi connectivity index (χ3n) is 8.37. The lowest BCUT2D eigenvalue weighted by Gasteiger charge is -2.38. The minimum atomic E-state index is -4.62. The minimum absolute atomic E-state index is 0.121. The van der Waals surface area contributed by atoms with Crippen molar-refractivity contribution in [3.63, 3.8) is 0 Å². The van der Waals surface area contributed by atoms with E-state index in [1.807, 2.05) is 12.1 Å². The molecule has 168 valence electrons. The predicted molar refractivity (Wildman–Crippen MR) is 114 cm³/mol. The number of benzene rings is 1. The first-order chi connectivity index (χ1) is 14.5. The van der Waals surface area contributed by atoms with E-state index in [9.17, 15) is 13.2 Å². The molecule has 0 radical (unpaired) electrons. The van der Waals surface area contributed by atoms with Crippen molar-refractivity contribution in [3.05, 3.63) is 29.8 Å². The lowest BCUT2D eigenvalue weighted by Crippen LogP contribution is -2.25. The molecule has 0 heterocycles. The van der Waals surface area contributed by atoms with Gasteiger partial charge in [0, 0.05) is 0 Å². The highest BCUT2D eigenvalue weighted by Crippen LogP contribution is 2.45. The van der Waals surface area contributed by atoms with Gasteiger partial charge >= 0.3 is 6.36 Å². The van der Waals surface area contributed by atoms with Crippen molar-refractivity contribution in [2.45, 2.75) is 102 Å². The Morgan fingerprint density at radius 1 is 0.667 bits per heavy atom. The summed E-state index contributed by atoms with van der Waals surface area (Å²) in [6.45, 7) is 0. The van der Waals surface area contributed by atoms with E-state index < -0.39 is 6.36 Å². The molecule has 0 amide bonds. The van der Waals surface area contributed by atoms with Crippen molar-refractivity contribution < 1.29 is 17.9 Å². The highest BCUT2D eigenvalue weighted by Gasteiger charge is 2.33. The molecule has 1 nitrogen and oxygen atoms in total. The Kier molecular flexibility index (Phi) is 7.31. The quantitative estimate of drug-likeness (QED) is 0.446. The molecule has 3 aliphatic carbocycles. The van der Waals surface area contributed by atoms with Crippen molar-refractivity contribution in [2.24, 2.45) is 23.7 Å². The van der Waals surface area contributed by atoms with Gasteiger partial charge in [0.2, 0.25) is 0 Å². The topological polar surface area (TPSA) is 9.23 Å². The van der Waals surface area contributed by atoms with Gasteiger partial charge in [0.25, 0.3) is 0 Å². The molecular weight excluding hydrogens is 385 g/mol. The molecule has 0 aliphatic heterocycles. The van der Waals surface area contributed by atoms with Crippen LogP contribution in [0.1, 0.15) is 101 Å². The van der Waals surface area contributed by atoms with Gasteiger partial charge in [-0.15, -0.1) is 13.2 Å². The van der Waals surface area contributed by atoms with Crippen LogP contribution in [0.4, 0.5) is 13.2 Å². The highest BCUT2D eigenvalue weighted by atomic mass is 19.4. The van der Waals surface area contributed by atoms with Gasteiger partial charge in [-0.05, 0) is 85.8 Å². The van der Waals surface area contributed by atoms with Crippen LogP contribution in [-0.4, -0.2) is 6.36 Å². The molecule has 0 aromatic heterocycles. The van der Waals surface area contributed by atoms with E-state index in [0.717, 1.165) is 23.7 Å². The number of alkyl halides is 3. The lowest BCUT2D eigenvalue weighted by molar-refractivity contribution is -0.274. The fourth-order valence-electron chi connectivity index (χ4n) is 6.58. The summed E-state index contributed by atoms with van der Waals surface area (Å²) in [5.41, 5.74) is 1.17. The summed E-state index contributed by atoms with van der Waals surface area (Å²) in [4.78, 5) is 0. The summed E-state index contributed by atoms with van der Waals surface area (Å²) in [7, 11) is 0. The van der Waals surface area contributed by atoms with E-state index in [0.29, 0.717) is 5.92 Å². The molecule has 0 bridgehead atoms. The number of rotatable bonds is 6. The van der Waals surface area contributed by atoms with Crippen LogP contribution >= 0.6 is 0 Å². The van der Waals surface area contributed by atoms with Crippen LogP contribution in [0.15, 0.2) is 24.3 Å². The van der Waals surface area contributed by atoms with Crippen LogP contribution in [0, 0.1) is 23.7 Å². The summed E-state index contributed by atoms with van der Waals surface area (Å²) in [5, 5.41) is 0. The van der Waals surface area contributed by atoms with Crippen LogP contribution < -0.4 is 4.74 Å². The minimum Gasteiger partial charge on any atom is -0.406 e. The Morgan fingerprint density at radius 2 is 1.17 bits per heavy atom. The number of hydrogen-bond donors (Lipinski definition) is 0. The Labute approximate surface area is 179 Å². The third kappa shape index (κ3) is 6.17. The van der Waals surface area contributed by atoms with E-state index in [-0.39, 0.29) is 5.75 Å². The molecule has 3 aliphatic rings. The van der Waals surface area contributed by atoms with E-state index in [4.69, 9.17) is 0 Å². The van der Waals surface area contributed by atoms with Gasteiger partial charge in [-0.2, -0.15) is 0 Å². The third-order valence-corrected chi connectivity index (χ3v) is 8.37. The van der Waals surface area contributed by atoms with Gasteiger partial charge in [0.05, 0.1) is 0 Å². The monoisotopic (exact) mass is 422 g/mol. The Balaban J connectivity index is 1.18. The van der Waals surface area contributed by atoms with Gasteiger partial charge in [0.1, 0.15) is 5.75 Å². The summed E-state index contributed by atoms with van der Waals surface area (Å²) in [6, 6.07) is 6.56. The Bertz CT molecular complexity index is 631. The second kappa shape index (κ2) is 9.96. The van der Waals surface area contributed by atoms with Crippen molar-refractivity contribution in [3.8, 4) is 5.75 Å². The molecule has 0 spiro atoms. The average molecular weight is 423 g/mol. The molecule has 1 aromatic rings. The summed E-state index contributed by atoms with van der Waals surface area (Å²) < 4.78 is 41.0. The molecule has 1 aromatic carbocycles.